The summed E-state index contributed by atoms with van der Waals surface area (Å²) in [6.45, 7) is 6.85. The van der Waals surface area contributed by atoms with Gasteiger partial charge >= 0.3 is 0 Å². The highest BCUT2D eigenvalue weighted by Crippen LogP contribution is 2.44. The molecule has 2 aliphatic rings. The van der Waals surface area contributed by atoms with Crippen molar-refractivity contribution in [1.29, 1.82) is 0 Å². The van der Waals surface area contributed by atoms with Crippen LogP contribution in [-0.2, 0) is 17.8 Å². The van der Waals surface area contributed by atoms with E-state index in [-0.39, 0.29) is 30.1 Å². The van der Waals surface area contributed by atoms with E-state index >= 15 is 0 Å². The van der Waals surface area contributed by atoms with Crippen molar-refractivity contribution in [2.45, 2.75) is 45.4 Å². The molecule has 6 nitrogen and oxygen atoms in total. The van der Waals surface area contributed by atoms with Crippen LogP contribution < -0.4 is 10.2 Å². The Bertz CT molecular complexity index is 1200. The number of amides is 2. The van der Waals surface area contributed by atoms with E-state index in [0.29, 0.717) is 6.54 Å². The lowest BCUT2D eigenvalue weighted by molar-refractivity contribution is -0.123. The largest absolute Gasteiger partial charge is 0.350 e. The first kappa shape index (κ1) is 19.7. The second-order valence-electron chi connectivity index (χ2n) is 9.52. The maximum absolute atomic E-state index is 13.4. The Balaban J connectivity index is 1.68. The van der Waals surface area contributed by atoms with Gasteiger partial charge in [-0.05, 0) is 51.0 Å². The SMILES string of the molecule is CN1c2ccccc2C(=O)N2CCc3c(n(CC(=O)NC(C)(C)C)c4ccccc34)[C@@H]21. The van der Waals surface area contributed by atoms with E-state index in [1.54, 1.807) is 0 Å². The standard InChI is InChI=1S/C25H28N4O2/c1-25(2,3)26-21(30)15-29-20-12-8-5-9-16(20)17-13-14-28-23(22(17)29)27(4)19-11-7-6-10-18(19)24(28)31/h5-12,23H,13-15H2,1-4H3,(H,26,30)/t23-/m1/s1. The van der Waals surface area contributed by atoms with Gasteiger partial charge < -0.3 is 19.7 Å². The van der Waals surface area contributed by atoms with Crippen LogP contribution in [0.1, 0.15) is 48.6 Å². The number of benzene rings is 2. The number of nitrogens with one attached hydrogen (secondary N) is 1. The van der Waals surface area contributed by atoms with E-state index in [1.807, 2.05) is 69.1 Å². The van der Waals surface area contributed by atoms with Gasteiger partial charge in [0.1, 0.15) is 12.7 Å². The third-order valence-electron chi connectivity index (χ3n) is 6.22. The summed E-state index contributed by atoms with van der Waals surface area (Å²) in [4.78, 5) is 30.4. The molecule has 1 aromatic heterocycles. The lowest BCUT2D eigenvalue weighted by Gasteiger charge is -2.46. The number of aromatic nitrogens is 1. The molecule has 2 amide bonds. The molecule has 0 aliphatic carbocycles. The van der Waals surface area contributed by atoms with Gasteiger partial charge in [0.25, 0.3) is 5.91 Å². The molecule has 6 heteroatoms. The van der Waals surface area contributed by atoms with Gasteiger partial charge in [0, 0.05) is 30.0 Å². The van der Waals surface area contributed by atoms with Crippen LogP contribution in [0.25, 0.3) is 10.9 Å². The second-order valence-corrected chi connectivity index (χ2v) is 9.52. The molecule has 1 atom stereocenters. The molecular weight excluding hydrogens is 388 g/mol. The molecule has 1 N–H and O–H groups in total. The quantitative estimate of drug-likeness (QED) is 0.693. The summed E-state index contributed by atoms with van der Waals surface area (Å²) in [6, 6.07) is 16.0. The summed E-state index contributed by atoms with van der Waals surface area (Å²) in [5.74, 6) is 0.0265. The van der Waals surface area contributed by atoms with Crippen LogP contribution in [0, 0.1) is 0 Å². The Morgan fingerprint density at radius 3 is 2.58 bits per heavy atom. The van der Waals surface area contributed by atoms with Crippen molar-refractivity contribution in [1.82, 2.24) is 14.8 Å². The number of hydrogen-bond acceptors (Lipinski definition) is 3. The van der Waals surface area contributed by atoms with Crippen LogP contribution in [0.3, 0.4) is 0 Å². The third-order valence-corrected chi connectivity index (χ3v) is 6.22. The smallest absolute Gasteiger partial charge is 0.257 e. The molecule has 3 heterocycles. The number of nitrogens with zero attached hydrogens (tertiary/aromatic N) is 3. The molecule has 0 radical (unpaired) electrons. The lowest BCUT2D eigenvalue weighted by atomic mass is 9.96. The number of carbonyl (C=O) groups is 2. The Labute approximate surface area is 182 Å². The first-order valence-electron chi connectivity index (χ1n) is 10.8. The molecule has 31 heavy (non-hydrogen) atoms. The molecule has 5 rings (SSSR count). The fourth-order valence-corrected chi connectivity index (χ4v) is 5.08. The van der Waals surface area contributed by atoms with Crippen molar-refractivity contribution < 1.29 is 9.59 Å². The summed E-state index contributed by atoms with van der Waals surface area (Å²) >= 11 is 0. The van der Waals surface area contributed by atoms with Gasteiger partial charge in [0.15, 0.2) is 0 Å². The molecule has 2 aromatic carbocycles. The van der Waals surface area contributed by atoms with Crippen LogP contribution >= 0.6 is 0 Å². The Kier molecular flexibility index (Phi) is 4.36. The van der Waals surface area contributed by atoms with Crippen LogP contribution in [0.4, 0.5) is 5.69 Å². The first-order chi connectivity index (χ1) is 14.8. The van der Waals surface area contributed by atoms with Crippen molar-refractivity contribution in [2.24, 2.45) is 0 Å². The molecule has 0 bridgehead atoms. The van der Waals surface area contributed by atoms with Crippen molar-refractivity contribution in [3.05, 3.63) is 65.4 Å². The Morgan fingerprint density at radius 1 is 1.10 bits per heavy atom. The average Bonchev–Trinajstić information content (AvgIpc) is 3.04. The van der Waals surface area contributed by atoms with Crippen molar-refractivity contribution in [3.8, 4) is 0 Å². The molecule has 3 aromatic rings. The number of anilines is 1. The zero-order valence-corrected chi connectivity index (χ0v) is 18.5. The molecular formula is C25H28N4O2. The van der Waals surface area contributed by atoms with Gasteiger partial charge in [-0.15, -0.1) is 0 Å². The van der Waals surface area contributed by atoms with Gasteiger partial charge in [-0.1, -0.05) is 30.3 Å². The fraction of sp³-hybridized carbons (Fsp3) is 0.360. The molecule has 0 saturated carbocycles. The minimum Gasteiger partial charge on any atom is -0.350 e. The molecule has 0 spiro atoms. The zero-order chi connectivity index (χ0) is 21.9. The van der Waals surface area contributed by atoms with Gasteiger partial charge in [-0.2, -0.15) is 0 Å². The number of carbonyl (C=O) groups excluding carboxylic acids is 2. The number of hydrogen-bond donors (Lipinski definition) is 1. The molecule has 0 unspecified atom stereocenters. The minimum absolute atomic E-state index is 0.0293. The van der Waals surface area contributed by atoms with Crippen LogP contribution in [0.2, 0.25) is 0 Å². The van der Waals surface area contributed by atoms with Crippen LogP contribution in [0.15, 0.2) is 48.5 Å². The summed E-state index contributed by atoms with van der Waals surface area (Å²) in [7, 11) is 2.04. The van der Waals surface area contributed by atoms with E-state index in [0.717, 1.165) is 28.9 Å². The predicted molar refractivity (Wildman–Crippen MR) is 122 cm³/mol. The van der Waals surface area contributed by atoms with Crippen LogP contribution in [0.5, 0.6) is 0 Å². The summed E-state index contributed by atoms with van der Waals surface area (Å²) < 4.78 is 2.11. The average molecular weight is 417 g/mol. The van der Waals surface area contributed by atoms with Crippen LogP contribution in [-0.4, -0.2) is 40.4 Å². The molecule has 160 valence electrons. The zero-order valence-electron chi connectivity index (χ0n) is 18.5. The Morgan fingerprint density at radius 2 is 1.81 bits per heavy atom. The van der Waals surface area contributed by atoms with Gasteiger partial charge in [-0.25, -0.2) is 0 Å². The lowest BCUT2D eigenvalue weighted by Crippen LogP contribution is -2.52. The monoisotopic (exact) mass is 416 g/mol. The van der Waals surface area contributed by atoms with E-state index in [1.165, 1.54) is 10.9 Å². The topological polar surface area (TPSA) is 57.6 Å². The predicted octanol–water partition coefficient (Wildman–Crippen LogP) is 3.70. The maximum Gasteiger partial charge on any atom is 0.257 e. The van der Waals surface area contributed by atoms with E-state index in [4.69, 9.17) is 0 Å². The van der Waals surface area contributed by atoms with Crippen molar-refractivity contribution >= 4 is 28.4 Å². The van der Waals surface area contributed by atoms with Crippen molar-refractivity contribution in [3.63, 3.8) is 0 Å². The highest BCUT2D eigenvalue weighted by atomic mass is 16.2. The molecule has 2 aliphatic heterocycles. The maximum atomic E-state index is 13.4. The molecule has 0 fully saturated rings. The highest BCUT2D eigenvalue weighted by Gasteiger charge is 2.42. The van der Waals surface area contributed by atoms with Gasteiger partial charge in [0.05, 0.1) is 16.9 Å². The van der Waals surface area contributed by atoms with Crippen molar-refractivity contribution in [2.75, 3.05) is 18.5 Å². The number of para-hydroxylation sites is 2. The van der Waals surface area contributed by atoms with Gasteiger partial charge in [0.2, 0.25) is 5.91 Å². The van der Waals surface area contributed by atoms with E-state index < -0.39 is 0 Å². The summed E-state index contributed by atoms with van der Waals surface area (Å²) in [5.41, 5.74) is 4.68. The highest BCUT2D eigenvalue weighted by molar-refractivity contribution is 6.02. The van der Waals surface area contributed by atoms with Gasteiger partial charge in [-0.3, -0.25) is 9.59 Å². The fourth-order valence-electron chi connectivity index (χ4n) is 5.08. The van der Waals surface area contributed by atoms with E-state index in [9.17, 15) is 9.59 Å². The number of fused-ring (bicyclic) bond motifs is 6. The van der Waals surface area contributed by atoms with E-state index in [2.05, 4.69) is 26.9 Å². The summed E-state index contributed by atoms with van der Waals surface area (Å²) in [5, 5.41) is 4.25. The second kappa shape index (κ2) is 6.87. The summed E-state index contributed by atoms with van der Waals surface area (Å²) in [6.07, 6.45) is 0.545. The number of rotatable bonds is 2. The molecule has 0 saturated heterocycles. The Hall–Kier alpha value is -3.28. The third kappa shape index (κ3) is 3.09. The normalized spacial score (nSPS) is 17.9. The first-order valence-corrected chi connectivity index (χ1v) is 10.8. The minimum atomic E-state index is -0.303.